The summed E-state index contributed by atoms with van der Waals surface area (Å²) in [6.07, 6.45) is 0.771. The molecule has 5 nitrogen and oxygen atoms in total. The number of para-hydroxylation sites is 2. The van der Waals surface area contributed by atoms with Crippen molar-refractivity contribution in [1.82, 2.24) is 0 Å². The molecule has 1 atom stereocenters. The Bertz CT molecular complexity index is 1260. The van der Waals surface area contributed by atoms with E-state index in [2.05, 4.69) is 19.1 Å². The Morgan fingerprint density at radius 1 is 0.938 bits per heavy atom. The summed E-state index contributed by atoms with van der Waals surface area (Å²) in [4.78, 5) is 11.6. The number of ketones is 1. The largest absolute Gasteiger partial charge is 0.292 e. The minimum atomic E-state index is -0.942. The standard InChI is InChI=1S/C25H21ClN4OS/c1-3-22-19-13-7-8-14-20(19)25(29(27-22)18-11-5-4-6-12-18)30(28-24(32-25)17(2)31)23-16-10-9-15-21(23)26/h4-16H,3H2,1-2H3. The predicted molar refractivity (Wildman–Crippen MR) is 134 cm³/mol. The van der Waals surface area contributed by atoms with Gasteiger partial charge in [0.15, 0.2) is 10.8 Å². The van der Waals surface area contributed by atoms with Crippen molar-refractivity contribution >= 4 is 51.3 Å². The molecule has 2 aliphatic heterocycles. The number of hydrazone groups is 2. The van der Waals surface area contributed by atoms with Gasteiger partial charge in [-0.3, -0.25) is 4.79 Å². The maximum atomic E-state index is 12.5. The van der Waals surface area contributed by atoms with E-state index in [0.717, 1.165) is 28.9 Å². The summed E-state index contributed by atoms with van der Waals surface area (Å²) in [6.45, 7) is 3.64. The van der Waals surface area contributed by atoms with Gasteiger partial charge in [-0.1, -0.05) is 73.1 Å². The van der Waals surface area contributed by atoms with Crippen LogP contribution < -0.4 is 10.0 Å². The maximum Gasteiger partial charge on any atom is 0.234 e. The molecule has 160 valence electrons. The minimum Gasteiger partial charge on any atom is -0.292 e. The third-order valence-corrected chi connectivity index (χ3v) is 7.26. The molecule has 1 unspecified atom stereocenters. The van der Waals surface area contributed by atoms with E-state index in [9.17, 15) is 4.79 Å². The number of carbonyl (C=O) groups is 1. The summed E-state index contributed by atoms with van der Waals surface area (Å²) in [7, 11) is 0. The number of carbonyl (C=O) groups excluding carboxylic acids is 1. The van der Waals surface area contributed by atoms with E-state index < -0.39 is 4.99 Å². The second-order valence-electron chi connectivity index (χ2n) is 7.53. The molecular weight excluding hydrogens is 440 g/mol. The highest BCUT2D eigenvalue weighted by atomic mass is 35.5. The molecule has 0 saturated carbocycles. The Balaban J connectivity index is 1.84. The Morgan fingerprint density at radius 3 is 2.34 bits per heavy atom. The molecule has 7 heteroatoms. The molecule has 0 aliphatic carbocycles. The van der Waals surface area contributed by atoms with Crippen molar-refractivity contribution in [3.05, 3.63) is 95.0 Å². The topological polar surface area (TPSA) is 48.3 Å². The molecule has 0 N–H and O–H groups in total. The Labute approximate surface area is 196 Å². The van der Waals surface area contributed by atoms with Gasteiger partial charge < -0.3 is 0 Å². The van der Waals surface area contributed by atoms with E-state index >= 15 is 0 Å². The number of rotatable bonds is 4. The zero-order chi connectivity index (χ0) is 22.3. The van der Waals surface area contributed by atoms with Crippen molar-refractivity contribution < 1.29 is 4.79 Å². The number of nitrogens with zero attached hydrogens (tertiary/aromatic N) is 4. The van der Waals surface area contributed by atoms with Gasteiger partial charge in [0, 0.05) is 18.1 Å². The van der Waals surface area contributed by atoms with E-state index in [4.69, 9.17) is 21.8 Å². The molecule has 32 heavy (non-hydrogen) atoms. The lowest BCUT2D eigenvalue weighted by Gasteiger charge is -2.47. The van der Waals surface area contributed by atoms with Gasteiger partial charge in [0.1, 0.15) is 0 Å². The van der Waals surface area contributed by atoms with Crippen molar-refractivity contribution in [2.45, 2.75) is 25.3 Å². The average molecular weight is 461 g/mol. The maximum absolute atomic E-state index is 12.5. The first kappa shape index (κ1) is 20.8. The number of hydrogen-bond donors (Lipinski definition) is 0. The SMILES string of the molecule is CCC1=NN(c2ccccc2)C2(SC(C(C)=O)=NN2c2ccccc2Cl)c2ccccc21. The van der Waals surface area contributed by atoms with Crippen molar-refractivity contribution in [2.24, 2.45) is 10.2 Å². The number of hydrogen-bond acceptors (Lipinski definition) is 6. The Morgan fingerprint density at radius 2 is 1.62 bits per heavy atom. The van der Waals surface area contributed by atoms with Crippen LogP contribution in [0.5, 0.6) is 0 Å². The minimum absolute atomic E-state index is 0.0975. The van der Waals surface area contributed by atoms with Crippen molar-refractivity contribution in [2.75, 3.05) is 10.0 Å². The molecule has 0 radical (unpaired) electrons. The molecule has 0 bridgehead atoms. The van der Waals surface area contributed by atoms with Gasteiger partial charge >= 0.3 is 0 Å². The fourth-order valence-electron chi connectivity index (χ4n) is 4.08. The average Bonchev–Trinajstić information content (AvgIpc) is 3.21. The third-order valence-electron chi connectivity index (χ3n) is 5.53. The molecular formula is C25H21ClN4OS. The fraction of sp³-hybridized carbons (Fsp3) is 0.160. The number of benzene rings is 3. The molecule has 2 aliphatic rings. The molecule has 5 rings (SSSR count). The first-order valence-electron chi connectivity index (χ1n) is 10.4. The van der Waals surface area contributed by atoms with Crippen LogP contribution in [0.2, 0.25) is 5.02 Å². The Kier molecular flexibility index (Phi) is 5.27. The summed E-state index contributed by atoms with van der Waals surface area (Å²) in [5.41, 5.74) is 4.65. The van der Waals surface area contributed by atoms with Crippen molar-refractivity contribution in [3.63, 3.8) is 0 Å². The number of Topliss-reactive ketones (excluding diaryl/α,β-unsaturated/α-hetero) is 1. The quantitative estimate of drug-likeness (QED) is 0.462. The summed E-state index contributed by atoms with van der Waals surface area (Å²) in [6, 6.07) is 25.7. The van der Waals surface area contributed by atoms with Crippen LogP contribution in [-0.2, 0) is 9.79 Å². The lowest BCUT2D eigenvalue weighted by Crippen LogP contribution is -2.54. The summed E-state index contributed by atoms with van der Waals surface area (Å²) in [5, 5.41) is 14.7. The van der Waals surface area contributed by atoms with Gasteiger partial charge in [0.2, 0.25) is 4.99 Å². The fourth-order valence-corrected chi connectivity index (χ4v) is 5.58. The molecule has 0 fully saturated rings. The number of thioether (sulfide) groups is 1. The second-order valence-corrected chi connectivity index (χ2v) is 9.10. The number of halogens is 1. The number of fused-ring (bicyclic) bond motifs is 2. The van der Waals surface area contributed by atoms with Crippen LogP contribution >= 0.6 is 23.4 Å². The van der Waals surface area contributed by atoms with E-state index in [-0.39, 0.29) is 5.78 Å². The lowest BCUT2D eigenvalue weighted by atomic mass is 9.96. The van der Waals surface area contributed by atoms with Crippen LogP contribution in [0.15, 0.2) is 89.1 Å². The highest BCUT2D eigenvalue weighted by Gasteiger charge is 2.55. The van der Waals surface area contributed by atoms with Crippen LogP contribution in [0.1, 0.15) is 31.4 Å². The normalized spacial score (nSPS) is 19.6. The van der Waals surface area contributed by atoms with Gasteiger partial charge in [0.25, 0.3) is 0 Å². The van der Waals surface area contributed by atoms with E-state index in [1.54, 1.807) is 0 Å². The molecule has 2 heterocycles. The van der Waals surface area contributed by atoms with Crippen LogP contribution in [-0.4, -0.2) is 16.5 Å². The lowest BCUT2D eigenvalue weighted by molar-refractivity contribution is -0.110. The van der Waals surface area contributed by atoms with E-state index in [1.165, 1.54) is 18.7 Å². The smallest absolute Gasteiger partial charge is 0.234 e. The molecule has 0 aromatic heterocycles. The molecule has 0 amide bonds. The second kappa shape index (κ2) is 8.11. The molecule has 3 aromatic rings. The van der Waals surface area contributed by atoms with Gasteiger partial charge in [-0.15, -0.1) is 0 Å². The zero-order valence-corrected chi connectivity index (χ0v) is 19.3. The predicted octanol–water partition coefficient (Wildman–Crippen LogP) is 6.24. The van der Waals surface area contributed by atoms with E-state index in [1.807, 2.05) is 76.7 Å². The first-order valence-corrected chi connectivity index (χ1v) is 11.6. The number of anilines is 2. The summed E-state index contributed by atoms with van der Waals surface area (Å²) >= 11 is 8.05. The van der Waals surface area contributed by atoms with Crippen molar-refractivity contribution in [3.8, 4) is 0 Å². The zero-order valence-electron chi connectivity index (χ0n) is 17.7. The molecule has 0 saturated heterocycles. The first-order chi connectivity index (χ1) is 15.6. The highest BCUT2D eigenvalue weighted by Crippen LogP contribution is 2.55. The van der Waals surface area contributed by atoms with Crippen molar-refractivity contribution in [1.29, 1.82) is 0 Å². The molecule has 1 spiro atoms. The summed E-state index contributed by atoms with van der Waals surface area (Å²) in [5.74, 6) is -0.0975. The summed E-state index contributed by atoms with van der Waals surface area (Å²) < 4.78 is 0. The van der Waals surface area contributed by atoms with Crippen LogP contribution in [0.25, 0.3) is 0 Å². The van der Waals surface area contributed by atoms with Gasteiger partial charge in [-0.2, -0.15) is 10.2 Å². The van der Waals surface area contributed by atoms with Gasteiger partial charge in [-0.05, 0) is 42.4 Å². The monoisotopic (exact) mass is 460 g/mol. The Hall–Kier alpha value is -3.09. The van der Waals surface area contributed by atoms with E-state index in [0.29, 0.717) is 15.8 Å². The van der Waals surface area contributed by atoms with Crippen LogP contribution in [0.4, 0.5) is 11.4 Å². The van der Waals surface area contributed by atoms with Crippen LogP contribution in [0.3, 0.4) is 0 Å². The van der Waals surface area contributed by atoms with Crippen LogP contribution in [0, 0.1) is 0 Å². The van der Waals surface area contributed by atoms with Gasteiger partial charge in [-0.25, -0.2) is 10.0 Å². The molecule has 3 aromatic carbocycles. The third kappa shape index (κ3) is 3.14. The highest BCUT2D eigenvalue weighted by molar-refractivity contribution is 8.17. The van der Waals surface area contributed by atoms with Gasteiger partial charge in [0.05, 0.1) is 22.1 Å².